The monoisotopic (exact) mass is 377 g/mol. The Morgan fingerprint density at radius 2 is 1.68 bits per heavy atom. The third kappa shape index (κ3) is 4.23. The number of nitrogens with one attached hydrogen (secondary N) is 2. The minimum Gasteiger partial charge on any atom is -0.496 e. The molecular weight excluding hydrogens is 354 g/mol. The van der Waals surface area contributed by atoms with Gasteiger partial charge in [0.05, 0.1) is 26.1 Å². The van der Waals surface area contributed by atoms with Gasteiger partial charge in [0.25, 0.3) is 5.91 Å². The fraction of sp³-hybridized carbons (Fsp3) is 0.182. The number of methoxy groups -OCH3 is 2. The number of ether oxygens (including phenoxy) is 2. The third-order valence-electron chi connectivity index (χ3n) is 4.32. The Kier molecular flexibility index (Phi) is 5.79. The molecule has 28 heavy (non-hydrogen) atoms. The summed E-state index contributed by atoms with van der Waals surface area (Å²) in [6, 6.07) is 15.0. The Morgan fingerprint density at radius 1 is 0.964 bits per heavy atom. The summed E-state index contributed by atoms with van der Waals surface area (Å²) in [6.07, 6.45) is 1.60. The van der Waals surface area contributed by atoms with Gasteiger partial charge in [-0.1, -0.05) is 23.8 Å². The summed E-state index contributed by atoms with van der Waals surface area (Å²) in [7, 11) is 3.03. The van der Waals surface area contributed by atoms with E-state index in [9.17, 15) is 4.79 Å². The maximum Gasteiger partial charge on any atom is 0.263 e. The lowest BCUT2D eigenvalue weighted by Gasteiger charge is -2.13. The fourth-order valence-corrected chi connectivity index (χ4v) is 2.90. The van der Waals surface area contributed by atoms with Crippen LogP contribution in [0.1, 0.15) is 21.5 Å². The predicted octanol–water partition coefficient (Wildman–Crippen LogP) is 4.71. The maximum absolute atomic E-state index is 12.7. The molecule has 0 unspecified atom stereocenters. The number of carbonyl (C=O) groups excluding carboxylic acids is 1. The Bertz CT molecular complexity index is 963. The van der Waals surface area contributed by atoms with E-state index in [0.717, 1.165) is 11.3 Å². The van der Waals surface area contributed by atoms with Crippen molar-refractivity contribution < 1.29 is 14.3 Å². The summed E-state index contributed by atoms with van der Waals surface area (Å²) >= 11 is 0. The molecule has 0 aliphatic heterocycles. The van der Waals surface area contributed by atoms with Gasteiger partial charge in [-0.2, -0.15) is 0 Å². The second-order valence-electron chi connectivity index (χ2n) is 6.37. The van der Waals surface area contributed by atoms with E-state index in [0.29, 0.717) is 28.6 Å². The first-order valence-corrected chi connectivity index (χ1v) is 8.84. The maximum atomic E-state index is 12.7. The molecule has 2 aromatic carbocycles. The lowest BCUT2D eigenvalue weighted by Crippen LogP contribution is -2.14. The van der Waals surface area contributed by atoms with E-state index < -0.39 is 0 Å². The second kappa shape index (κ2) is 8.43. The van der Waals surface area contributed by atoms with Gasteiger partial charge < -0.3 is 20.1 Å². The molecule has 6 nitrogen and oxygen atoms in total. The Balaban J connectivity index is 1.75. The molecule has 1 heterocycles. The van der Waals surface area contributed by atoms with Crippen LogP contribution in [0.4, 0.5) is 17.2 Å². The number of benzene rings is 2. The molecule has 3 rings (SSSR count). The highest BCUT2D eigenvalue weighted by Crippen LogP contribution is 2.29. The first kappa shape index (κ1) is 19.2. The number of pyridine rings is 1. The minimum atomic E-state index is -0.328. The van der Waals surface area contributed by atoms with Crippen molar-refractivity contribution in [3.8, 4) is 11.5 Å². The topological polar surface area (TPSA) is 72.5 Å². The number of nitrogens with zero attached hydrogens (tertiary/aromatic N) is 1. The van der Waals surface area contributed by atoms with Crippen molar-refractivity contribution in [2.75, 3.05) is 24.9 Å². The SMILES string of the molecule is COc1cccc(OC)c1C(=O)Nc1ccc(Nc2ccc(C)cc2C)nc1. The molecule has 3 aromatic rings. The van der Waals surface area contributed by atoms with Crippen molar-refractivity contribution in [2.45, 2.75) is 13.8 Å². The molecule has 6 heteroatoms. The summed E-state index contributed by atoms with van der Waals surface area (Å²) in [6.45, 7) is 4.10. The van der Waals surface area contributed by atoms with Gasteiger partial charge in [-0.25, -0.2) is 4.98 Å². The number of hydrogen-bond acceptors (Lipinski definition) is 5. The summed E-state index contributed by atoms with van der Waals surface area (Å²) in [5.74, 6) is 1.25. The Labute approximate surface area is 164 Å². The van der Waals surface area contributed by atoms with Crippen LogP contribution in [-0.2, 0) is 0 Å². The van der Waals surface area contributed by atoms with Gasteiger partial charge in [-0.05, 0) is 49.7 Å². The van der Waals surface area contributed by atoms with E-state index in [2.05, 4.69) is 28.6 Å². The highest BCUT2D eigenvalue weighted by molar-refractivity contribution is 6.08. The van der Waals surface area contributed by atoms with E-state index in [1.807, 2.05) is 25.1 Å². The summed E-state index contributed by atoms with van der Waals surface area (Å²) in [5.41, 5.74) is 4.26. The smallest absolute Gasteiger partial charge is 0.263 e. The van der Waals surface area contributed by atoms with Crippen molar-refractivity contribution in [1.82, 2.24) is 4.98 Å². The predicted molar refractivity (Wildman–Crippen MR) is 111 cm³/mol. The quantitative estimate of drug-likeness (QED) is 0.651. The molecule has 2 N–H and O–H groups in total. The molecule has 1 amide bonds. The molecule has 0 atom stereocenters. The van der Waals surface area contributed by atoms with Crippen LogP contribution in [0.3, 0.4) is 0 Å². The van der Waals surface area contributed by atoms with Gasteiger partial charge in [0.15, 0.2) is 0 Å². The molecule has 0 aliphatic carbocycles. The highest BCUT2D eigenvalue weighted by atomic mass is 16.5. The molecule has 1 aromatic heterocycles. The number of amides is 1. The average Bonchev–Trinajstić information content (AvgIpc) is 2.70. The average molecular weight is 377 g/mol. The number of anilines is 3. The number of aryl methyl sites for hydroxylation is 2. The van der Waals surface area contributed by atoms with E-state index in [4.69, 9.17) is 9.47 Å². The lowest BCUT2D eigenvalue weighted by atomic mass is 10.1. The molecular formula is C22H23N3O3. The van der Waals surface area contributed by atoms with Crippen LogP contribution in [-0.4, -0.2) is 25.1 Å². The zero-order valence-corrected chi connectivity index (χ0v) is 16.4. The zero-order valence-electron chi connectivity index (χ0n) is 16.4. The molecule has 0 aliphatic rings. The van der Waals surface area contributed by atoms with Gasteiger partial charge >= 0.3 is 0 Å². The zero-order chi connectivity index (χ0) is 20.1. The summed E-state index contributed by atoms with van der Waals surface area (Å²) in [4.78, 5) is 17.1. The first-order chi connectivity index (χ1) is 13.5. The van der Waals surface area contributed by atoms with Crippen LogP contribution in [0.5, 0.6) is 11.5 Å². The highest BCUT2D eigenvalue weighted by Gasteiger charge is 2.18. The van der Waals surface area contributed by atoms with Crippen molar-refractivity contribution >= 4 is 23.1 Å². The molecule has 0 fully saturated rings. The van der Waals surface area contributed by atoms with Crippen LogP contribution in [0.15, 0.2) is 54.7 Å². The number of rotatable bonds is 6. The second-order valence-corrected chi connectivity index (χ2v) is 6.37. The van der Waals surface area contributed by atoms with Crippen LogP contribution in [0, 0.1) is 13.8 Å². The molecule has 0 spiro atoms. The van der Waals surface area contributed by atoms with E-state index in [1.54, 1.807) is 30.5 Å². The van der Waals surface area contributed by atoms with Crippen molar-refractivity contribution in [1.29, 1.82) is 0 Å². The van der Waals surface area contributed by atoms with Crippen LogP contribution in [0.2, 0.25) is 0 Å². The van der Waals surface area contributed by atoms with Gasteiger partial charge in [0.1, 0.15) is 22.9 Å². The van der Waals surface area contributed by atoms with Crippen molar-refractivity contribution in [2.24, 2.45) is 0 Å². The van der Waals surface area contributed by atoms with Gasteiger partial charge in [0.2, 0.25) is 0 Å². The summed E-state index contributed by atoms with van der Waals surface area (Å²) < 4.78 is 10.6. The third-order valence-corrected chi connectivity index (χ3v) is 4.32. The van der Waals surface area contributed by atoms with Crippen molar-refractivity contribution in [3.63, 3.8) is 0 Å². The number of hydrogen-bond donors (Lipinski definition) is 2. The number of carbonyl (C=O) groups is 1. The number of aromatic nitrogens is 1. The van der Waals surface area contributed by atoms with Crippen LogP contribution < -0.4 is 20.1 Å². The Morgan fingerprint density at radius 3 is 2.25 bits per heavy atom. The minimum absolute atomic E-state index is 0.328. The van der Waals surface area contributed by atoms with Crippen molar-refractivity contribution in [3.05, 3.63) is 71.4 Å². The molecule has 0 saturated carbocycles. The first-order valence-electron chi connectivity index (χ1n) is 8.84. The fourth-order valence-electron chi connectivity index (χ4n) is 2.90. The Hall–Kier alpha value is -3.54. The van der Waals surface area contributed by atoms with Crippen LogP contribution >= 0.6 is 0 Å². The van der Waals surface area contributed by atoms with E-state index in [1.165, 1.54) is 19.8 Å². The van der Waals surface area contributed by atoms with Gasteiger partial charge in [0, 0.05) is 5.69 Å². The van der Waals surface area contributed by atoms with Gasteiger partial charge in [-0.3, -0.25) is 4.79 Å². The van der Waals surface area contributed by atoms with E-state index >= 15 is 0 Å². The largest absolute Gasteiger partial charge is 0.496 e. The lowest BCUT2D eigenvalue weighted by molar-refractivity contribution is 0.102. The molecule has 0 saturated heterocycles. The van der Waals surface area contributed by atoms with E-state index in [-0.39, 0.29) is 5.91 Å². The molecule has 0 radical (unpaired) electrons. The van der Waals surface area contributed by atoms with Gasteiger partial charge in [-0.15, -0.1) is 0 Å². The summed E-state index contributed by atoms with van der Waals surface area (Å²) in [5, 5.41) is 6.11. The standard InChI is InChI=1S/C22H23N3O3/c1-14-8-10-17(15(2)12-14)25-20-11-9-16(13-23-20)24-22(26)21-18(27-3)6-5-7-19(21)28-4/h5-13H,1-4H3,(H,23,25)(H,24,26). The molecule has 144 valence electrons. The normalized spacial score (nSPS) is 10.3. The molecule has 0 bridgehead atoms. The van der Waals surface area contributed by atoms with Crippen LogP contribution in [0.25, 0.3) is 0 Å².